The Morgan fingerprint density at radius 1 is 1.09 bits per heavy atom. The molecule has 4 rings (SSSR count). The van der Waals surface area contributed by atoms with Gasteiger partial charge in [0.2, 0.25) is 15.9 Å². The van der Waals surface area contributed by atoms with Crippen molar-refractivity contribution in [2.45, 2.75) is 31.3 Å². The molecule has 0 saturated heterocycles. The molecule has 0 radical (unpaired) electrons. The standard InChI is InChI=1S/C22H23N3O7S/c1-14-4-6-16(7-5-14)22-25-24-21(32-22)15(2)31-20(26)13-23-33(27,28)17-8-9-18-19(12-17)30-11-3-10-29-18/h4-9,12,15,23H,3,10-11,13H2,1-2H3. The number of nitrogens with zero attached hydrogens (tertiary/aromatic N) is 2. The summed E-state index contributed by atoms with van der Waals surface area (Å²) in [5.41, 5.74) is 1.83. The average molecular weight is 474 g/mol. The van der Waals surface area contributed by atoms with Crippen LogP contribution in [0.25, 0.3) is 11.5 Å². The van der Waals surface area contributed by atoms with Crippen molar-refractivity contribution in [3.63, 3.8) is 0 Å². The van der Waals surface area contributed by atoms with Gasteiger partial charge in [-0.05, 0) is 38.1 Å². The van der Waals surface area contributed by atoms with E-state index in [1.54, 1.807) is 6.92 Å². The minimum atomic E-state index is -3.97. The second-order valence-electron chi connectivity index (χ2n) is 7.43. The number of esters is 1. The first kappa shape index (κ1) is 22.7. The number of nitrogens with one attached hydrogen (secondary N) is 1. The van der Waals surface area contributed by atoms with Crippen LogP contribution in [-0.2, 0) is 19.6 Å². The highest BCUT2D eigenvalue weighted by atomic mass is 32.2. The molecule has 0 saturated carbocycles. The van der Waals surface area contributed by atoms with Crippen LogP contribution in [-0.4, -0.2) is 44.3 Å². The maximum atomic E-state index is 12.6. The highest BCUT2D eigenvalue weighted by Gasteiger charge is 2.23. The van der Waals surface area contributed by atoms with Crippen molar-refractivity contribution in [1.29, 1.82) is 0 Å². The predicted octanol–water partition coefficient (Wildman–Crippen LogP) is 2.79. The molecule has 0 amide bonds. The number of fused-ring (bicyclic) bond motifs is 1. The smallest absolute Gasteiger partial charge is 0.321 e. The Kier molecular flexibility index (Phi) is 6.61. The number of carbonyl (C=O) groups excluding carboxylic acids is 1. The van der Waals surface area contributed by atoms with Crippen molar-refractivity contribution >= 4 is 16.0 Å². The summed E-state index contributed by atoms with van der Waals surface area (Å²) < 4.78 is 49.3. The van der Waals surface area contributed by atoms with Crippen LogP contribution in [0.2, 0.25) is 0 Å². The largest absolute Gasteiger partial charge is 0.490 e. The van der Waals surface area contributed by atoms with E-state index >= 15 is 0 Å². The van der Waals surface area contributed by atoms with E-state index in [0.29, 0.717) is 37.0 Å². The first-order chi connectivity index (χ1) is 15.8. The van der Waals surface area contributed by atoms with Crippen molar-refractivity contribution in [3.8, 4) is 23.0 Å². The minimum absolute atomic E-state index is 0.0489. The molecule has 1 aliphatic heterocycles. The normalized spacial score (nSPS) is 14.4. The number of rotatable bonds is 7. The number of carbonyl (C=O) groups is 1. The Bertz CT molecular complexity index is 1240. The summed E-state index contributed by atoms with van der Waals surface area (Å²) in [6.07, 6.45) is -0.155. The molecule has 11 heteroatoms. The number of benzene rings is 2. The van der Waals surface area contributed by atoms with Crippen molar-refractivity contribution < 1.29 is 31.8 Å². The van der Waals surface area contributed by atoms with Crippen molar-refractivity contribution in [3.05, 3.63) is 53.9 Å². The van der Waals surface area contributed by atoms with Crippen molar-refractivity contribution in [1.82, 2.24) is 14.9 Å². The van der Waals surface area contributed by atoms with Gasteiger partial charge in [-0.2, -0.15) is 4.72 Å². The summed E-state index contributed by atoms with van der Waals surface area (Å²) in [6, 6.07) is 11.8. The Balaban J connectivity index is 1.35. The number of hydrogen-bond donors (Lipinski definition) is 1. The molecule has 3 aromatic rings. The summed E-state index contributed by atoms with van der Waals surface area (Å²) >= 11 is 0. The van der Waals surface area contributed by atoms with Crippen LogP contribution in [0.15, 0.2) is 51.8 Å². The van der Waals surface area contributed by atoms with E-state index in [4.69, 9.17) is 18.6 Å². The lowest BCUT2D eigenvalue weighted by atomic mass is 10.1. The zero-order valence-corrected chi connectivity index (χ0v) is 18.9. The van der Waals surface area contributed by atoms with Gasteiger partial charge >= 0.3 is 5.97 Å². The van der Waals surface area contributed by atoms with Crippen LogP contribution < -0.4 is 14.2 Å². The number of hydrogen-bond acceptors (Lipinski definition) is 9. The number of sulfonamides is 1. The Hall–Kier alpha value is -3.44. The van der Waals surface area contributed by atoms with Gasteiger partial charge in [-0.1, -0.05) is 17.7 Å². The third kappa shape index (κ3) is 5.49. The molecule has 1 aromatic heterocycles. The molecule has 0 fully saturated rings. The van der Waals surface area contributed by atoms with Gasteiger partial charge in [-0.15, -0.1) is 10.2 Å². The molecule has 174 valence electrons. The van der Waals surface area contributed by atoms with E-state index in [9.17, 15) is 13.2 Å². The first-order valence-corrected chi connectivity index (χ1v) is 11.8. The molecule has 1 atom stereocenters. The summed E-state index contributed by atoms with van der Waals surface area (Å²) in [7, 11) is -3.97. The summed E-state index contributed by atoms with van der Waals surface area (Å²) in [6.45, 7) is 3.87. The van der Waals surface area contributed by atoms with Crippen molar-refractivity contribution in [2.24, 2.45) is 0 Å². The van der Waals surface area contributed by atoms with Gasteiger partial charge in [0.05, 0.1) is 18.1 Å². The van der Waals surface area contributed by atoms with E-state index in [2.05, 4.69) is 14.9 Å². The van der Waals surface area contributed by atoms with E-state index in [1.165, 1.54) is 18.2 Å². The lowest BCUT2D eigenvalue weighted by Gasteiger charge is -2.12. The minimum Gasteiger partial charge on any atom is -0.490 e. The molecule has 2 heterocycles. The van der Waals surface area contributed by atoms with Gasteiger partial charge in [0.1, 0.15) is 6.54 Å². The van der Waals surface area contributed by atoms with E-state index in [0.717, 1.165) is 11.1 Å². The second-order valence-corrected chi connectivity index (χ2v) is 9.19. The third-order valence-electron chi connectivity index (χ3n) is 4.83. The van der Waals surface area contributed by atoms with Crippen LogP contribution in [0.5, 0.6) is 11.5 Å². The predicted molar refractivity (Wildman–Crippen MR) is 116 cm³/mol. The molecule has 0 spiro atoms. The first-order valence-electron chi connectivity index (χ1n) is 10.3. The average Bonchev–Trinajstić information content (AvgIpc) is 3.17. The van der Waals surface area contributed by atoms with E-state index in [1.807, 2.05) is 31.2 Å². The SMILES string of the molecule is Cc1ccc(-c2nnc(C(C)OC(=O)CNS(=O)(=O)c3ccc4c(c3)OCCCO4)o2)cc1. The number of aromatic nitrogens is 2. The van der Waals surface area contributed by atoms with Crippen LogP contribution in [0.1, 0.15) is 30.9 Å². The molecule has 1 N–H and O–H groups in total. The fraction of sp³-hybridized carbons (Fsp3) is 0.318. The summed E-state index contributed by atoms with van der Waals surface area (Å²) in [5, 5.41) is 7.88. The van der Waals surface area contributed by atoms with E-state index in [-0.39, 0.29) is 10.8 Å². The highest BCUT2D eigenvalue weighted by molar-refractivity contribution is 7.89. The molecule has 33 heavy (non-hydrogen) atoms. The maximum absolute atomic E-state index is 12.6. The van der Waals surface area contributed by atoms with Gasteiger partial charge < -0.3 is 18.6 Å². The lowest BCUT2D eigenvalue weighted by molar-refractivity contribution is -0.148. The summed E-state index contributed by atoms with van der Waals surface area (Å²) in [5.74, 6) is 0.416. The molecule has 10 nitrogen and oxygen atoms in total. The van der Waals surface area contributed by atoms with Gasteiger partial charge in [0.15, 0.2) is 17.6 Å². The van der Waals surface area contributed by atoms with Crippen LogP contribution >= 0.6 is 0 Å². The molecule has 1 unspecified atom stereocenters. The van der Waals surface area contributed by atoms with Gasteiger partial charge in [-0.3, -0.25) is 4.79 Å². The lowest BCUT2D eigenvalue weighted by Crippen LogP contribution is -2.31. The fourth-order valence-corrected chi connectivity index (χ4v) is 4.03. The van der Waals surface area contributed by atoms with Crippen LogP contribution in [0.4, 0.5) is 0 Å². The van der Waals surface area contributed by atoms with Crippen LogP contribution in [0, 0.1) is 6.92 Å². The van der Waals surface area contributed by atoms with Gasteiger partial charge in [-0.25, -0.2) is 8.42 Å². The molecular formula is C22H23N3O7S. The fourth-order valence-electron chi connectivity index (χ4n) is 3.05. The maximum Gasteiger partial charge on any atom is 0.321 e. The Labute approximate surface area is 190 Å². The Morgan fingerprint density at radius 2 is 1.82 bits per heavy atom. The summed E-state index contributed by atoms with van der Waals surface area (Å²) in [4.78, 5) is 12.2. The zero-order chi connectivity index (χ0) is 23.4. The molecule has 0 bridgehead atoms. The number of aryl methyl sites for hydroxylation is 1. The molecule has 0 aliphatic carbocycles. The quantitative estimate of drug-likeness (QED) is 0.515. The van der Waals surface area contributed by atoms with Crippen molar-refractivity contribution in [2.75, 3.05) is 19.8 Å². The topological polar surface area (TPSA) is 130 Å². The van der Waals surface area contributed by atoms with Gasteiger partial charge in [0.25, 0.3) is 5.89 Å². The third-order valence-corrected chi connectivity index (χ3v) is 6.23. The second kappa shape index (κ2) is 9.59. The van der Waals surface area contributed by atoms with E-state index < -0.39 is 28.6 Å². The van der Waals surface area contributed by atoms with Crippen LogP contribution in [0.3, 0.4) is 0 Å². The van der Waals surface area contributed by atoms with Gasteiger partial charge in [0, 0.05) is 18.1 Å². The molecule has 2 aromatic carbocycles. The number of ether oxygens (including phenoxy) is 3. The highest BCUT2D eigenvalue weighted by Crippen LogP contribution is 2.31. The zero-order valence-electron chi connectivity index (χ0n) is 18.1. The molecular weight excluding hydrogens is 450 g/mol. The monoisotopic (exact) mass is 473 g/mol. The Morgan fingerprint density at radius 3 is 2.58 bits per heavy atom. The molecule has 1 aliphatic rings.